The lowest BCUT2D eigenvalue weighted by Gasteiger charge is -2.16. The van der Waals surface area contributed by atoms with E-state index in [9.17, 15) is 14.0 Å². The topological polar surface area (TPSA) is 96.0 Å². The molecule has 0 aliphatic heterocycles. The summed E-state index contributed by atoms with van der Waals surface area (Å²) in [7, 11) is 0. The Kier molecular flexibility index (Phi) is 5.01. The van der Waals surface area contributed by atoms with Crippen LogP contribution in [0.4, 0.5) is 4.39 Å². The monoisotopic (exact) mass is 263 g/mol. The van der Waals surface area contributed by atoms with Gasteiger partial charge in [-0.2, -0.15) is 5.26 Å². The number of benzene rings is 1. The maximum Gasteiger partial charge on any atom is 0.252 e. The van der Waals surface area contributed by atoms with Crippen LogP contribution in [0.3, 0.4) is 0 Å². The van der Waals surface area contributed by atoms with Crippen LogP contribution in [-0.4, -0.2) is 17.9 Å². The summed E-state index contributed by atoms with van der Waals surface area (Å²) < 4.78 is 13.0. The average molecular weight is 263 g/mol. The van der Waals surface area contributed by atoms with Gasteiger partial charge < -0.3 is 11.1 Å². The van der Waals surface area contributed by atoms with Gasteiger partial charge in [-0.25, -0.2) is 4.39 Å². The molecule has 0 bridgehead atoms. The van der Waals surface area contributed by atoms with Crippen molar-refractivity contribution < 1.29 is 14.0 Å². The van der Waals surface area contributed by atoms with Crippen molar-refractivity contribution in [1.82, 2.24) is 5.32 Å². The van der Waals surface area contributed by atoms with Gasteiger partial charge >= 0.3 is 0 Å². The Hall–Kier alpha value is -2.42. The van der Waals surface area contributed by atoms with Crippen LogP contribution in [0.2, 0.25) is 0 Å². The summed E-state index contributed by atoms with van der Waals surface area (Å²) in [4.78, 5) is 23.0. The Morgan fingerprint density at radius 1 is 1.53 bits per heavy atom. The zero-order valence-electron chi connectivity index (χ0n) is 10.4. The van der Waals surface area contributed by atoms with Gasteiger partial charge in [0.25, 0.3) is 5.91 Å². The maximum atomic E-state index is 13.0. The molecule has 0 radical (unpaired) electrons. The molecular formula is C13H14FN3O2. The molecule has 2 amide bonds. The molecule has 0 saturated heterocycles. The number of primary amides is 1. The highest BCUT2D eigenvalue weighted by Gasteiger charge is 2.21. The molecule has 6 heteroatoms. The third kappa shape index (κ3) is 4.39. The summed E-state index contributed by atoms with van der Waals surface area (Å²) in [5.41, 5.74) is 5.25. The zero-order chi connectivity index (χ0) is 14.4. The number of halogens is 1. The molecule has 5 nitrogen and oxygen atoms in total. The van der Waals surface area contributed by atoms with Crippen molar-refractivity contribution in [3.63, 3.8) is 0 Å². The Morgan fingerprint density at radius 3 is 2.74 bits per heavy atom. The summed E-state index contributed by atoms with van der Waals surface area (Å²) in [6, 6.07) is 6.08. The van der Waals surface area contributed by atoms with E-state index in [0.29, 0.717) is 0 Å². The Labute approximate surface area is 110 Å². The summed E-state index contributed by atoms with van der Waals surface area (Å²) in [6.07, 6.45) is 0.118. The third-order valence-corrected chi connectivity index (χ3v) is 2.55. The van der Waals surface area contributed by atoms with Crippen LogP contribution in [-0.2, 0) is 4.79 Å². The number of rotatable bonds is 5. The van der Waals surface area contributed by atoms with E-state index >= 15 is 0 Å². The molecule has 0 aliphatic rings. The number of nitriles is 1. The summed E-state index contributed by atoms with van der Waals surface area (Å²) >= 11 is 0. The molecule has 0 spiro atoms. The average Bonchev–Trinajstić information content (AvgIpc) is 2.37. The lowest BCUT2D eigenvalue weighted by molar-refractivity contribution is -0.120. The van der Waals surface area contributed by atoms with Gasteiger partial charge in [0.05, 0.1) is 6.07 Å². The lowest BCUT2D eigenvalue weighted by Crippen LogP contribution is -2.45. The minimum Gasteiger partial charge on any atom is -0.368 e. The van der Waals surface area contributed by atoms with Gasteiger partial charge in [-0.3, -0.25) is 9.59 Å². The molecule has 1 aromatic carbocycles. The van der Waals surface area contributed by atoms with E-state index in [1.54, 1.807) is 6.92 Å². The number of hydrogen-bond acceptors (Lipinski definition) is 3. The van der Waals surface area contributed by atoms with Gasteiger partial charge in [0, 0.05) is 11.5 Å². The molecule has 0 unspecified atom stereocenters. The minimum absolute atomic E-state index is 0.0934. The van der Waals surface area contributed by atoms with Gasteiger partial charge in [-0.05, 0) is 31.5 Å². The summed E-state index contributed by atoms with van der Waals surface area (Å²) in [5, 5.41) is 11.1. The molecule has 0 aromatic heterocycles. The smallest absolute Gasteiger partial charge is 0.252 e. The maximum absolute atomic E-state index is 13.0. The first-order valence-corrected chi connectivity index (χ1v) is 5.69. The summed E-state index contributed by atoms with van der Waals surface area (Å²) in [5.74, 6) is -2.31. The van der Waals surface area contributed by atoms with Crippen LogP contribution in [0.15, 0.2) is 24.3 Å². The summed E-state index contributed by atoms with van der Waals surface area (Å²) in [6.45, 7) is 1.62. The first kappa shape index (κ1) is 14.6. The molecule has 0 aliphatic carbocycles. The number of nitrogens with two attached hydrogens (primary N) is 1. The number of amides is 2. The quantitative estimate of drug-likeness (QED) is 0.828. The van der Waals surface area contributed by atoms with E-state index in [1.165, 1.54) is 18.2 Å². The standard InChI is InChI=1S/C13H14FN3O2/c1-8(7-15)5-11(12(16)18)17-13(19)9-3-2-4-10(14)6-9/h2-4,6,8,11H,5H2,1H3,(H2,16,18)(H,17,19)/t8-,11-/m1/s1. The fourth-order valence-corrected chi connectivity index (χ4v) is 1.52. The number of hydrogen-bond donors (Lipinski definition) is 2. The molecule has 3 N–H and O–H groups in total. The molecule has 1 aromatic rings. The second-order valence-corrected chi connectivity index (χ2v) is 4.20. The second-order valence-electron chi connectivity index (χ2n) is 4.20. The third-order valence-electron chi connectivity index (χ3n) is 2.55. The van der Waals surface area contributed by atoms with Gasteiger partial charge in [0.15, 0.2) is 0 Å². The molecule has 19 heavy (non-hydrogen) atoms. The van der Waals surface area contributed by atoms with Crippen molar-refractivity contribution in [2.24, 2.45) is 11.7 Å². The Bertz CT molecular complexity index is 525. The normalized spacial score (nSPS) is 13.1. The molecule has 0 fully saturated rings. The zero-order valence-corrected chi connectivity index (χ0v) is 10.4. The number of nitrogens with one attached hydrogen (secondary N) is 1. The van der Waals surface area contributed by atoms with Gasteiger partial charge in [0.1, 0.15) is 11.9 Å². The van der Waals surface area contributed by atoms with Gasteiger partial charge in [-0.15, -0.1) is 0 Å². The molecule has 0 heterocycles. The number of nitrogens with zero attached hydrogens (tertiary/aromatic N) is 1. The second kappa shape index (κ2) is 6.50. The van der Waals surface area contributed by atoms with E-state index < -0.39 is 29.6 Å². The molecule has 2 atom stereocenters. The lowest BCUT2D eigenvalue weighted by atomic mass is 10.0. The fourth-order valence-electron chi connectivity index (χ4n) is 1.52. The molecule has 0 saturated carbocycles. The molecular weight excluding hydrogens is 249 g/mol. The van der Waals surface area contributed by atoms with Crippen LogP contribution in [0.25, 0.3) is 0 Å². The number of carbonyl (C=O) groups excluding carboxylic acids is 2. The molecule has 100 valence electrons. The van der Waals surface area contributed by atoms with Crippen molar-refractivity contribution in [2.75, 3.05) is 0 Å². The van der Waals surface area contributed by atoms with Gasteiger partial charge in [0.2, 0.25) is 5.91 Å². The van der Waals surface area contributed by atoms with E-state index in [1.807, 2.05) is 6.07 Å². The number of carbonyl (C=O) groups is 2. The van der Waals surface area contributed by atoms with E-state index in [2.05, 4.69) is 5.32 Å². The minimum atomic E-state index is -0.953. The van der Waals surface area contributed by atoms with E-state index in [-0.39, 0.29) is 12.0 Å². The van der Waals surface area contributed by atoms with Crippen LogP contribution in [0, 0.1) is 23.1 Å². The van der Waals surface area contributed by atoms with Crippen LogP contribution in [0.5, 0.6) is 0 Å². The first-order chi connectivity index (χ1) is 8.93. The van der Waals surface area contributed by atoms with Crippen molar-refractivity contribution >= 4 is 11.8 Å². The van der Waals surface area contributed by atoms with Crippen molar-refractivity contribution in [2.45, 2.75) is 19.4 Å². The SMILES string of the molecule is C[C@@H](C#N)C[C@@H](NC(=O)c1cccc(F)c1)C(N)=O. The highest BCUT2D eigenvalue weighted by Crippen LogP contribution is 2.07. The van der Waals surface area contributed by atoms with Crippen LogP contribution < -0.4 is 11.1 Å². The molecule has 1 rings (SSSR count). The first-order valence-electron chi connectivity index (χ1n) is 5.69. The Balaban J connectivity index is 2.77. The van der Waals surface area contributed by atoms with Crippen LogP contribution in [0.1, 0.15) is 23.7 Å². The predicted molar refractivity (Wildman–Crippen MR) is 66.2 cm³/mol. The van der Waals surface area contributed by atoms with Crippen LogP contribution >= 0.6 is 0 Å². The predicted octanol–water partition coefficient (Wildman–Crippen LogP) is 0.959. The Morgan fingerprint density at radius 2 is 2.21 bits per heavy atom. The van der Waals surface area contributed by atoms with Crippen molar-refractivity contribution in [3.05, 3.63) is 35.6 Å². The highest BCUT2D eigenvalue weighted by molar-refractivity contribution is 5.97. The van der Waals surface area contributed by atoms with E-state index in [0.717, 1.165) is 6.07 Å². The fraction of sp³-hybridized carbons (Fsp3) is 0.308. The highest BCUT2D eigenvalue weighted by atomic mass is 19.1. The van der Waals surface area contributed by atoms with Crippen molar-refractivity contribution in [1.29, 1.82) is 5.26 Å². The van der Waals surface area contributed by atoms with Crippen molar-refractivity contribution in [3.8, 4) is 6.07 Å². The van der Waals surface area contributed by atoms with E-state index in [4.69, 9.17) is 11.0 Å². The van der Waals surface area contributed by atoms with Gasteiger partial charge in [-0.1, -0.05) is 6.07 Å². The largest absolute Gasteiger partial charge is 0.368 e.